The topological polar surface area (TPSA) is 20.2 Å². The molecule has 0 spiro atoms. The van der Waals surface area contributed by atoms with Gasteiger partial charge in [-0.2, -0.15) is 39.5 Å². The highest BCUT2D eigenvalue weighted by Gasteiger charge is 2.72. The summed E-state index contributed by atoms with van der Waals surface area (Å²) in [7, 11) is 0. The highest BCUT2D eigenvalue weighted by atomic mass is 19.4. The summed E-state index contributed by atoms with van der Waals surface area (Å²) < 4.78 is 119. The molecule has 0 aliphatic carbocycles. The normalized spacial score (nSPS) is 17.8. The summed E-state index contributed by atoms with van der Waals surface area (Å²) >= 11 is 0. The van der Waals surface area contributed by atoms with Gasteiger partial charge in [-0.25, -0.2) is 4.39 Å². The molecule has 1 atom stereocenters. The second-order valence-electron chi connectivity index (χ2n) is 2.71. The van der Waals surface area contributed by atoms with E-state index in [4.69, 9.17) is 5.11 Å². The van der Waals surface area contributed by atoms with Crippen LogP contribution in [-0.2, 0) is 0 Å². The number of aliphatic hydroxyl groups excluding tert-OH is 1. The van der Waals surface area contributed by atoms with Crippen molar-refractivity contribution in [2.24, 2.45) is 0 Å². The van der Waals surface area contributed by atoms with Gasteiger partial charge in [0.15, 0.2) is 0 Å². The van der Waals surface area contributed by atoms with Crippen molar-refractivity contribution in [2.45, 2.75) is 24.2 Å². The molecule has 1 nitrogen and oxygen atoms in total. The number of halogens is 10. The SMILES string of the molecule is OC(F)=C(F)C(F)(F)C(F)(F)C(F)C(F)(F)F. The van der Waals surface area contributed by atoms with Crippen LogP contribution >= 0.6 is 0 Å². The Hall–Kier alpha value is -1.16. The first kappa shape index (κ1) is 15.8. The van der Waals surface area contributed by atoms with Gasteiger partial charge in [-0.15, -0.1) is 0 Å². The summed E-state index contributed by atoms with van der Waals surface area (Å²) in [6, 6.07) is -3.47. The van der Waals surface area contributed by atoms with Gasteiger partial charge in [0, 0.05) is 0 Å². The van der Waals surface area contributed by atoms with Gasteiger partial charge in [-0.1, -0.05) is 0 Å². The van der Waals surface area contributed by atoms with Crippen molar-refractivity contribution in [3.8, 4) is 0 Å². The number of rotatable bonds is 3. The highest BCUT2D eigenvalue weighted by Crippen LogP contribution is 2.48. The van der Waals surface area contributed by atoms with Crippen molar-refractivity contribution >= 4 is 0 Å². The predicted octanol–water partition coefficient (Wildman–Crippen LogP) is 3.82. The van der Waals surface area contributed by atoms with Crippen LogP contribution in [0.2, 0.25) is 0 Å². The third kappa shape index (κ3) is 2.75. The number of alkyl halides is 8. The van der Waals surface area contributed by atoms with Gasteiger partial charge in [0.25, 0.3) is 6.17 Å². The summed E-state index contributed by atoms with van der Waals surface area (Å²) in [4.78, 5) is 0. The van der Waals surface area contributed by atoms with Gasteiger partial charge < -0.3 is 5.11 Å². The number of aliphatic hydroxyl groups is 1. The van der Waals surface area contributed by atoms with E-state index in [0.29, 0.717) is 0 Å². The van der Waals surface area contributed by atoms with E-state index in [1.807, 2.05) is 0 Å². The molecule has 1 unspecified atom stereocenters. The molecule has 11 heteroatoms. The zero-order chi connectivity index (χ0) is 14.2. The van der Waals surface area contributed by atoms with E-state index >= 15 is 0 Å². The minimum Gasteiger partial charge on any atom is -0.484 e. The molecule has 0 aromatic carbocycles. The van der Waals surface area contributed by atoms with Gasteiger partial charge in [-0.05, 0) is 0 Å². The molecule has 0 aliphatic rings. The Labute approximate surface area is 86.3 Å². The zero-order valence-electron chi connectivity index (χ0n) is 7.30. The molecular weight excluding hydrogens is 278 g/mol. The Balaban J connectivity index is 5.54. The molecule has 1 N–H and O–H groups in total. The smallest absolute Gasteiger partial charge is 0.425 e. The van der Waals surface area contributed by atoms with Gasteiger partial charge in [0.05, 0.1) is 0 Å². The number of allylic oxidation sites excluding steroid dienone is 1. The standard InChI is InChI=1S/C6H2F10O/c7-1(2(8)17)4(10,11)5(12,13)3(9)6(14,15)16/h3,17H. The van der Waals surface area contributed by atoms with Crippen LogP contribution in [0.4, 0.5) is 43.9 Å². The fraction of sp³-hybridized carbons (Fsp3) is 0.667. The largest absolute Gasteiger partial charge is 0.484 e. The summed E-state index contributed by atoms with van der Waals surface area (Å²) in [5.41, 5.74) is 0. The van der Waals surface area contributed by atoms with E-state index in [1.54, 1.807) is 0 Å². The lowest BCUT2D eigenvalue weighted by atomic mass is 10.1. The Morgan fingerprint density at radius 2 is 1.24 bits per heavy atom. The molecule has 0 saturated heterocycles. The molecule has 102 valence electrons. The van der Waals surface area contributed by atoms with E-state index < -0.39 is 36.0 Å². The molecule has 0 heterocycles. The van der Waals surface area contributed by atoms with Gasteiger partial charge >= 0.3 is 24.0 Å². The van der Waals surface area contributed by atoms with Crippen molar-refractivity contribution in [2.75, 3.05) is 0 Å². The lowest BCUT2D eigenvalue weighted by Crippen LogP contribution is -2.54. The van der Waals surface area contributed by atoms with Crippen molar-refractivity contribution in [1.29, 1.82) is 0 Å². The minimum absolute atomic E-state index is 3.47. The van der Waals surface area contributed by atoms with E-state index in [0.717, 1.165) is 0 Å². The summed E-state index contributed by atoms with van der Waals surface area (Å²) in [5.74, 6) is -17.0. The van der Waals surface area contributed by atoms with Gasteiger partial charge in [0.2, 0.25) is 5.83 Å². The quantitative estimate of drug-likeness (QED) is 0.615. The molecular formula is C6H2F10O. The average molecular weight is 280 g/mol. The van der Waals surface area contributed by atoms with E-state index in [2.05, 4.69) is 0 Å². The molecule has 0 aliphatic heterocycles. The Bertz CT molecular complexity index is 311. The summed E-state index contributed by atoms with van der Waals surface area (Å²) in [6.45, 7) is 0. The monoisotopic (exact) mass is 280 g/mol. The molecule has 0 aromatic rings. The van der Waals surface area contributed by atoms with Gasteiger partial charge in [0.1, 0.15) is 0 Å². The van der Waals surface area contributed by atoms with Crippen LogP contribution in [0.25, 0.3) is 0 Å². The number of hydrogen-bond acceptors (Lipinski definition) is 1. The van der Waals surface area contributed by atoms with Crippen LogP contribution in [0, 0.1) is 0 Å². The lowest BCUT2D eigenvalue weighted by molar-refractivity contribution is -0.300. The predicted molar refractivity (Wildman–Crippen MR) is 32.7 cm³/mol. The molecule has 0 radical (unpaired) electrons. The second-order valence-corrected chi connectivity index (χ2v) is 2.71. The Morgan fingerprint density at radius 1 is 0.882 bits per heavy atom. The Morgan fingerprint density at radius 3 is 1.47 bits per heavy atom. The van der Waals surface area contributed by atoms with Crippen LogP contribution in [0.1, 0.15) is 0 Å². The maximum absolute atomic E-state index is 12.3. The molecule has 0 aromatic heterocycles. The summed E-state index contributed by atoms with van der Waals surface area (Å²) in [6.07, 6.45) is -11.9. The van der Waals surface area contributed by atoms with Crippen molar-refractivity contribution < 1.29 is 49.0 Å². The third-order valence-corrected chi connectivity index (χ3v) is 1.48. The van der Waals surface area contributed by atoms with Crippen LogP contribution in [0.5, 0.6) is 0 Å². The molecule has 0 fully saturated rings. The van der Waals surface area contributed by atoms with E-state index in [1.165, 1.54) is 0 Å². The maximum atomic E-state index is 12.3. The third-order valence-electron chi connectivity index (χ3n) is 1.48. The van der Waals surface area contributed by atoms with Crippen LogP contribution in [0.3, 0.4) is 0 Å². The molecule has 0 bridgehead atoms. The van der Waals surface area contributed by atoms with E-state index in [9.17, 15) is 43.9 Å². The molecule has 17 heavy (non-hydrogen) atoms. The molecule has 0 amide bonds. The number of hydrogen-bond donors (Lipinski definition) is 1. The van der Waals surface area contributed by atoms with E-state index in [-0.39, 0.29) is 0 Å². The first-order chi connectivity index (χ1) is 7.26. The van der Waals surface area contributed by atoms with Crippen molar-refractivity contribution in [3.63, 3.8) is 0 Å². The van der Waals surface area contributed by atoms with Crippen LogP contribution in [-0.4, -0.2) is 29.3 Å². The Kier molecular flexibility index (Phi) is 3.97. The maximum Gasteiger partial charge on any atom is 0.425 e. The first-order valence-corrected chi connectivity index (χ1v) is 3.47. The molecule has 0 saturated carbocycles. The zero-order valence-corrected chi connectivity index (χ0v) is 7.30. The highest BCUT2D eigenvalue weighted by molar-refractivity contribution is 5.13. The molecule has 0 rings (SSSR count). The second kappa shape index (κ2) is 4.26. The fourth-order valence-electron chi connectivity index (χ4n) is 0.641. The summed E-state index contributed by atoms with van der Waals surface area (Å²) in [5, 5.41) is 7.53. The minimum atomic E-state index is -6.62. The van der Waals surface area contributed by atoms with Crippen molar-refractivity contribution in [1.82, 2.24) is 0 Å². The fourth-order valence-corrected chi connectivity index (χ4v) is 0.641. The van der Waals surface area contributed by atoms with Crippen LogP contribution < -0.4 is 0 Å². The van der Waals surface area contributed by atoms with Crippen LogP contribution in [0.15, 0.2) is 11.8 Å². The van der Waals surface area contributed by atoms with Crippen molar-refractivity contribution in [3.05, 3.63) is 11.8 Å². The average Bonchev–Trinajstić information content (AvgIpc) is 2.13. The first-order valence-electron chi connectivity index (χ1n) is 3.47. The lowest BCUT2D eigenvalue weighted by Gasteiger charge is -2.28. The van der Waals surface area contributed by atoms with Gasteiger partial charge in [-0.3, -0.25) is 0 Å².